The Hall–Kier alpha value is -3.55. The van der Waals surface area contributed by atoms with Crippen LogP contribution in [0.4, 0.5) is 0 Å². The van der Waals surface area contributed by atoms with Gasteiger partial charge in [-0.25, -0.2) is 4.98 Å². The molecule has 2 aromatic carbocycles. The number of ether oxygens (including phenoxy) is 3. The summed E-state index contributed by atoms with van der Waals surface area (Å²) in [6.07, 6.45) is 3.06. The Morgan fingerprint density at radius 2 is 1.83 bits per heavy atom. The lowest BCUT2D eigenvalue weighted by molar-refractivity contribution is 0.0935. The maximum absolute atomic E-state index is 12.7. The number of nitrogens with one attached hydrogen (secondary N) is 1. The fourth-order valence-electron chi connectivity index (χ4n) is 2.84. The second-order valence-corrected chi connectivity index (χ2v) is 6.48. The largest absolute Gasteiger partial charge is 0.493 e. The van der Waals surface area contributed by atoms with E-state index in [4.69, 9.17) is 14.2 Å². The number of rotatable bonds is 9. The highest BCUT2D eigenvalue weighted by Crippen LogP contribution is 2.39. The van der Waals surface area contributed by atoms with Crippen LogP contribution in [-0.2, 0) is 13.2 Å². The third-order valence-electron chi connectivity index (χ3n) is 4.25. The van der Waals surface area contributed by atoms with E-state index in [1.54, 1.807) is 23.1 Å². The molecule has 0 saturated heterocycles. The van der Waals surface area contributed by atoms with Gasteiger partial charge in [0.1, 0.15) is 19.3 Å². The standard InChI is InChI=1S/C21H24N4O4/c1-15(11-25-14-22-13-23-25)24-21(26)17-9-18(27-2)20(19(10-17)28-3)29-12-16-7-5-4-6-8-16/h4-10,13-15H,11-12H2,1-3H3,(H,24,26)/t15-/m0/s1. The normalized spacial score (nSPS) is 11.6. The second-order valence-electron chi connectivity index (χ2n) is 6.48. The fourth-order valence-corrected chi connectivity index (χ4v) is 2.84. The molecule has 0 aliphatic rings. The summed E-state index contributed by atoms with van der Waals surface area (Å²) in [5, 5.41) is 6.98. The van der Waals surface area contributed by atoms with E-state index in [-0.39, 0.29) is 11.9 Å². The molecular formula is C21H24N4O4. The van der Waals surface area contributed by atoms with Crippen molar-refractivity contribution in [2.24, 2.45) is 0 Å². The molecule has 0 radical (unpaired) electrons. The Bertz CT molecular complexity index is 904. The first kappa shape index (κ1) is 20.2. The van der Waals surface area contributed by atoms with Gasteiger partial charge in [-0.05, 0) is 24.6 Å². The Labute approximate surface area is 169 Å². The summed E-state index contributed by atoms with van der Waals surface area (Å²) in [5.41, 5.74) is 1.43. The molecule has 3 rings (SSSR count). The summed E-state index contributed by atoms with van der Waals surface area (Å²) in [4.78, 5) is 16.6. The third kappa shape index (κ3) is 5.25. The minimum absolute atomic E-state index is 0.143. The lowest BCUT2D eigenvalue weighted by Crippen LogP contribution is -2.35. The van der Waals surface area contributed by atoms with E-state index < -0.39 is 0 Å². The van der Waals surface area contributed by atoms with Gasteiger partial charge in [0.2, 0.25) is 5.75 Å². The molecule has 0 unspecified atom stereocenters. The SMILES string of the molecule is COc1cc(C(=O)N[C@@H](C)Cn2cncn2)cc(OC)c1OCc1ccccc1. The van der Waals surface area contributed by atoms with Gasteiger partial charge in [-0.2, -0.15) is 5.10 Å². The number of aromatic nitrogens is 3. The molecule has 8 heteroatoms. The topological polar surface area (TPSA) is 87.5 Å². The predicted octanol–water partition coefficient (Wildman–Crippen LogP) is 2.69. The number of carbonyl (C=O) groups excluding carboxylic acids is 1. The number of nitrogens with zero attached hydrogens (tertiary/aromatic N) is 3. The van der Waals surface area contributed by atoms with Gasteiger partial charge in [0.05, 0.1) is 20.8 Å². The number of benzene rings is 2. The van der Waals surface area contributed by atoms with Crippen molar-refractivity contribution in [1.29, 1.82) is 0 Å². The van der Waals surface area contributed by atoms with E-state index >= 15 is 0 Å². The zero-order chi connectivity index (χ0) is 20.6. The zero-order valence-corrected chi connectivity index (χ0v) is 16.7. The molecule has 0 aliphatic carbocycles. The van der Waals surface area contributed by atoms with Crippen LogP contribution < -0.4 is 19.5 Å². The van der Waals surface area contributed by atoms with Crippen LogP contribution >= 0.6 is 0 Å². The number of hydrogen-bond donors (Lipinski definition) is 1. The summed E-state index contributed by atoms with van der Waals surface area (Å²) in [7, 11) is 3.05. The number of hydrogen-bond acceptors (Lipinski definition) is 6. The molecule has 1 heterocycles. The molecule has 1 aromatic heterocycles. The maximum Gasteiger partial charge on any atom is 0.251 e. The molecule has 8 nitrogen and oxygen atoms in total. The molecule has 152 valence electrons. The monoisotopic (exact) mass is 396 g/mol. The molecule has 29 heavy (non-hydrogen) atoms. The van der Waals surface area contributed by atoms with Crippen molar-refractivity contribution in [3.63, 3.8) is 0 Å². The van der Waals surface area contributed by atoms with Gasteiger partial charge in [0.25, 0.3) is 5.91 Å². The van der Waals surface area contributed by atoms with Crippen molar-refractivity contribution in [3.8, 4) is 17.2 Å². The molecule has 1 amide bonds. The van der Waals surface area contributed by atoms with Crippen LogP contribution in [0.2, 0.25) is 0 Å². The maximum atomic E-state index is 12.7. The second kappa shape index (κ2) is 9.59. The predicted molar refractivity (Wildman–Crippen MR) is 107 cm³/mol. The third-order valence-corrected chi connectivity index (χ3v) is 4.25. The minimum Gasteiger partial charge on any atom is -0.493 e. The van der Waals surface area contributed by atoms with Crippen LogP contribution in [0.1, 0.15) is 22.8 Å². The van der Waals surface area contributed by atoms with E-state index in [9.17, 15) is 4.79 Å². The molecule has 0 spiro atoms. The first-order chi connectivity index (χ1) is 14.1. The average Bonchev–Trinajstić information content (AvgIpc) is 3.25. The van der Waals surface area contributed by atoms with Gasteiger partial charge < -0.3 is 19.5 Å². The van der Waals surface area contributed by atoms with Crippen molar-refractivity contribution in [2.75, 3.05) is 14.2 Å². The number of carbonyl (C=O) groups is 1. The van der Waals surface area contributed by atoms with E-state index in [0.717, 1.165) is 5.56 Å². The van der Waals surface area contributed by atoms with Crippen LogP contribution in [0.15, 0.2) is 55.1 Å². The lowest BCUT2D eigenvalue weighted by Gasteiger charge is -2.18. The van der Waals surface area contributed by atoms with Gasteiger partial charge >= 0.3 is 0 Å². The van der Waals surface area contributed by atoms with E-state index in [1.807, 2.05) is 37.3 Å². The fraction of sp³-hybridized carbons (Fsp3) is 0.286. The minimum atomic E-state index is -0.246. The smallest absolute Gasteiger partial charge is 0.251 e. The van der Waals surface area contributed by atoms with Gasteiger partial charge in [0.15, 0.2) is 11.5 Å². The Balaban J connectivity index is 1.74. The molecule has 1 atom stereocenters. The summed E-state index contributed by atoms with van der Waals surface area (Å²) in [6, 6.07) is 12.9. The zero-order valence-electron chi connectivity index (χ0n) is 16.7. The quantitative estimate of drug-likeness (QED) is 0.598. The van der Waals surface area contributed by atoms with E-state index in [0.29, 0.717) is 36.0 Å². The molecule has 1 N–H and O–H groups in total. The highest BCUT2D eigenvalue weighted by Gasteiger charge is 2.19. The highest BCUT2D eigenvalue weighted by atomic mass is 16.5. The van der Waals surface area contributed by atoms with Gasteiger partial charge in [0, 0.05) is 11.6 Å². The highest BCUT2D eigenvalue weighted by molar-refractivity contribution is 5.95. The van der Waals surface area contributed by atoms with Crippen molar-refractivity contribution in [2.45, 2.75) is 26.1 Å². The van der Waals surface area contributed by atoms with Crippen molar-refractivity contribution in [3.05, 3.63) is 66.2 Å². The first-order valence-corrected chi connectivity index (χ1v) is 9.16. The lowest BCUT2D eigenvalue weighted by atomic mass is 10.1. The molecule has 0 saturated carbocycles. The molecular weight excluding hydrogens is 372 g/mol. The Kier molecular flexibility index (Phi) is 6.67. The summed E-state index contributed by atoms with van der Waals surface area (Å²) in [5.74, 6) is 1.05. The van der Waals surface area contributed by atoms with Gasteiger partial charge in [-0.15, -0.1) is 0 Å². The molecule has 3 aromatic rings. The van der Waals surface area contributed by atoms with E-state index in [2.05, 4.69) is 15.4 Å². The van der Waals surface area contributed by atoms with E-state index in [1.165, 1.54) is 20.5 Å². The van der Waals surface area contributed by atoms with Crippen LogP contribution in [0, 0.1) is 0 Å². The van der Waals surface area contributed by atoms with Gasteiger partial charge in [-0.1, -0.05) is 30.3 Å². The molecule has 0 fully saturated rings. The molecule has 0 bridgehead atoms. The Morgan fingerprint density at radius 3 is 2.41 bits per heavy atom. The van der Waals surface area contributed by atoms with Crippen LogP contribution in [0.3, 0.4) is 0 Å². The number of methoxy groups -OCH3 is 2. The van der Waals surface area contributed by atoms with Crippen molar-refractivity contribution >= 4 is 5.91 Å². The molecule has 0 aliphatic heterocycles. The summed E-state index contributed by atoms with van der Waals surface area (Å²) >= 11 is 0. The van der Waals surface area contributed by atoms with Gasteiger partial charge in [-0.3, -0.25) is 9.48 Å². The Morgan fingerprint density at radius 1 is 1.14 bits per heavy atom. The van der Waals surface area contributed by atoms with Crippen LogP contribution in [0.25, 0.3) is 0 Å². The van der Waals surface area contributed by atoms with Crippen molar-refractivity contribution < 1.29 is 19.0 Å². The summed E-state index contributed by atoms with van der Waals surface area (Å²) in [6.45, 7) is 2.76. The first-order valence-electron chi connectivity index (χ1n) is 9.16. The van der Waals surface area contributed by atoms with Crippen LogP contribution in [0.5, 0.6) is 17.2 Å². The number of amides is 1. The van der Waals surface area contributed by atoms with Crippen LogP contribution in [-0.4, -0.2) is 40.9 Å². The van der Waals surface area contributed by atoms with Crippen molar-refractivity contribution in [1.82, 2.24) is 20.1 Å². The average molecular weight is 396 g/mol. The summed E-state index contributed by atoms with van der Waals surface area (Å²) < 4.78 is 18.5.